The standard InChI is InChI=1S/C12H16N2O4S/c1-3-4-9(15)14-8-5-6-19-11(8)12(17)13-7-10(16)18-2/h5-6H,3-4,7H2,1-2H3,(H,13,17)(H,14,15). The summed E-state index contributed by atoms with van der Waals surface area (Å²) < 4.78 is 4.42. The Balaban J connectivity index is 2.63. The molecule has 2 amide bonds. The van der Waals surface area contributed by atoms with Gasteiger partial charge in [0.05, 0.1) is 12.8 Å². The molecule has 1 aromatic heterocycles. The van der Waals surface area contributed by atoms with Gasteiger partial charge in [-0.2, -0.15) is 0 Å². The zero-order valence-corrected chi connectivity index (χ0v) is 11.6. The van der Waals surface area contributed by atoms with Crippen LogP contribution in [0.3, 0.4) is 0 Å². The second-order valence-electron chi connectivity index (χ2n) is 3.72. The Morgan fingerprint density at radius 2 is 2.11 bits per heavy atom. The van der Waals surface area contributed by atoms with E-state index in [-0.39, 0.29) is 12.5 Å². The number of hydrogen-bond donors (Lipinski definition) is 2. The van der Waals surface area contributed by atoms with Crippen molar-refractivity contribution in [2.75, 3.05) is 19.0 Å². The summed E-state index contributed by atoms with van der Waals surface area (Å²) in [5.74, 6) is -1.07. The molecule has 19 heavy (non-hydrogen) atoms. The first-order chi connectivity index (χ1) is 9.08. The van der Waals surface area contributed by atoms with Crippen molar-refractivity contribution in [3.05, 3.63) is 16.3 Å². The number of esters is 1. The van der Waals surface area contributed by atoms with Gasteiger partial charge in [0.25, 0.3) is 5.91 Å². The topological polar surface area (TPSA) is 84.5 Å². The van der Waals surface area contributed by atoms with Gasteiger partial charge in [-0.05, 0) is 17.9 Å². The van der Waals surface area contributed by atoms with Crippen molar-refractivity contribution in [2.24, 2.45) is 0 Å². The molecule has 0 bridgehead atoms. The van der Waals surface area contributed by atoms with E-state index in [1.165, 1.54) is 18.4 Å². The molecule has 0 aromatic carbocycles. The summed E-state index contributed by atoms with van der Waals surface area (Å²) >= 11 is 1.20. The first-order valence-corrected chi connectivity index (χ1v) is 6.68. The monoisotopic (exact) mass is 284 g/mol. The van der Waals surface area contributed by atoms with Crippen LogP contribution in [0.25, 0.3) is 0 Å². The largest absolute Gasteiger partial charge is 0.468 e. The highest BCUT2D eigenvalue weighted by Crippen LogP contribution is 2.22. The molecular weight excluding hydrogens is 268 g/mol. The SMILES string of the molecule is CCCC(=O)Nc1ccsc1C(=O)NCC(=O)OC. The summed E-state index contributed by atoms with van der Waals surface area (Å²) in [7, 11) is 1.25. The lowest BCUT2D eigenvalue weighted by atomic mass is 10.3. The summed E-state index contributed by atoms with van der Waals surface area (Å²) in [4.78, 5) is 34.6. The minimum atomic E-state index is -0.526. The predicted molar refractivity (Wildman–Crippen MR) is 72.2 cm³/mol. The molecule has 0 aliphatic heterocycles. The number of amides is 2. The molecule has 7 heteroatoms. The predicted octanol–water partition coefficient (Wildman–Crippen LogP) is 1.39. The van der Waals surface area contributed by atoms with E-state index in [1.54, 1.807) is 11.4 Å². The maximum Gasteiger partial charge on any atom is 0.325 e. The van der Waals surface area contributed by atoms with Gasteiger partial charge >= 0.3 is 5.97 Å². The highest BCUT2D eigenvalue weighted by atomic mass is 32.1. The number of ether oxygens (including phenoxy) is 1. The van der Waals surface area contributed by atoms with Crippen molar-refractivity contribution >= 4 is 34.8 Å². The Hall–Kier alpha value is -1.89. The fraction of sp³-hybridized carbons (Fsp3) is 0.417. The number of carbonyl (C=O) groups excluding carboxylic acids is 3. The molecule has 0 unspecified atom stereocenters. The van der Waals surface area contributed by atoms with Crippen molar-refractivity contribution in [2.45, 2.75) is 19.8 Å². The van der Waals surface area contributed by atoms with Gasteiger partial charge in [-0.1, -0.05) is 6.92 Å². The van der Waals surface area contributed by atoms with Gasteiger partial charge in [-0.3, -0.25) is 14.4 Å². The summed E-state index contributed by atoms with van der Waals surface area (Å²) in [6.45, 7) is 1.70. The van der Waals surface area contributed by atoms with E-state index >= 15 is 0 Å². The van der Waals surface area contributed by atoms with Crippen molar-refractivity contribution in [3.8, 4) is 0 Å². The van der Waals surface area contributed by atoms with Gasteiger partial charge in [0.2, 0.25) is 5.91 Å². The van der Waals surface area contributed by atoms with Gasteiger partial charge in [-0.15, -0.1) is 11.3 Å². The zero-order chi connectivity index (χ0) is 14.3. The van der Waals surface area contributed by atoms with Gasteiger partial charge in [0.1, 0.15) is 11.4 Å². The van der Waals surface area contributed by atoms with E-state index in [0.29, 0.717) is 17.0 Å². The van der Waals surface area contributed by atoms with E-state index in [9.17, 15) is 14.4 Å². The van der Waals surface area contributed by atoms with Gasteiger partial charge in [0.15, 0.2) is 0 Å². The Labute approximate surface area is 115 Å². The number of nitrogens with one attached hydrogen (secondary N) is 2. The molecule has 1 rings (SSSR count). The average molecular weight is 284 g/mol. The highest BCUT2D eigenvalue weighted by molar-refractivity contribution is 7.12. The van der Waals surface area contributed by atoms with Crippen LogP contribution in [0.4, 0.5) is 5.69 Å². The van der Waals surface area contributed by atoms with Crippen LogP contribution in [0.5, 0.6) is 0 Å². The number of anilines is 1. The summed E-state index contributed by atoms with van der Waals surface area (Å²) in [5, 5.41) is 6.80. The summed E-state index contributed by atoms with van der Waals surface area (Å²) in [6.07, 6.45) is 1.14. The Bertz CT molecular complexity index is 470. The first kappa shape index (κ1) is 15.2. The number of hydrogen-bond acceptors (Lipinski definition) is 5. The smallest absolute Gasteiger partial charge is 0.325 e. The summed E-state index contributed by atoms with van der Waals surface area (Å²) in [6, 6.07) is 1.66. The maximum atomic E-state index is 11.8. The maximum absolute atomic E-state index is 11.8. The quantitative estimate of drug-likeness (QED) is 0.773. The third-order valence-corrected chi connectivity index (χ3v) is 3.16. The minimum Gasteiger partial charge on any atom is -0.468 e. The van der Waals surface area contributed by atoms with Crippen LogP contribution in [-0.4, -0.2) is 31.4 Å². The number of rotatable bonds is 6. The van der Waals surface area contributed by atoms with Gasteiger partial charge < -0.3 is 15.4 Å². The molecule has 0 aliphatic rings. The third kappa shape index (κ3) is 4.70. The molecule has 0 aliphatic carbocycles. The molecule has 0 saturated carbocycles. The highest BCUT2D eigenvalue weighted by Gasteiger charge is 2.15. The molecule has 104 valence electrons. The molecule has 0 fully saturated rings. The fourth-order valence-electron chi connectivity index (χ4n) is 1.33. The van der Waals surface area contributed by atoms with Crippen LogP contribution in [0, 0.1) is 0 Å². The van der Waals surface area contributed by atoms with E-state index in [1.807, 2.05) is 6.92 Å². The van der Waals surface area contributed by atoms with Crippen LogP contribution in [0.15, 0.2) is 11.4 Å². The molecule has 0 saturated heterocycles. The van der Waals surface area contributed by atoms with Gasteiger partial charge in [0, 0.05) is 6.42 Å². The molecule has 0 atom stereocenters. The van der Waals surface area contributed by atoms with E-state index < -0.39 is 11.9 Å². The van der Waals surface area contributed by atoms with Crippen LogP contribution >= 0.6 is 11.3 Å². The number of thiophene rings is 1. The van der Waals surface area contributed by atoms with Crippen LogP contribution in [0.1, 0.15) is 29.4 Å². The molecular formula is C12H16N2O4S. The fourth-order valence-corrected chi connectivity index (χ4v) is 2.09. The van der Waals surface area contributed by atoms with Crippen molar-refractivity contribution < 1.29 is 19.1 Å². The Kier molecular flexibility index (Phi) is 6.01. The minimum absolute atomic E-state index is 0.136. The first-order valence-electron chi connectivity index (χ1n) is 5.80. The molecule has 0 radical (unpaired) electrons. The van der Waals surface area contributed by atoms with E-state index in [4.69, 9.17) is 0 Å². The van der Waals surface area contributed by atoms with Crippen LogP contribution in [-0.2, 0) is 14.3 Å². The second-order valence-corrected chi connectivity index (χ2v) is 4.64. The molecule has 1 heterocycles. The third-order valence-electron chi connectivity index (χ3n) is 2.24. The molecule has 2 N–H and O–H groups in total. The van der Waals surface area contributed by atoms with Crippen LogP contribution in [0.2, 0.25) is 0 Å². The van der Waals surface area contributed by atoms with E-state index in [2.05, 4.69) is 15.4 Å². The van der Waals surface area contributed by atoms with Crippen LogP contribution < -0.4 is 10.6 Å². The second kappa shape index (κ2) is 7.52. The number of methoxy groups -OCH3 is 1. The average Bonchev–Trinajstić information content (AvgIpc) is 2.83. The number of carbonyl (C=O) groups is 3. The lowest BCUT2D eigenvalue weighted by Gasteiger charge is -2.06. The summed E-state index contributed by atoms with van der Waals surface area (Å²) in [5.41, 5.74) is 0.464. The van der Waals surface area contributed by atoms with Crippen molar-refractivity contribution in [1.29, 1.82) is 0 Å². The van der Waals surface area contributed by atoms with Crippen molar-refractivity contribution in [1.82, 2.24) is 5.32 Å². The van der Waals surface area contributed by atoms with E-state index in [0.717, 1.165) is 6.42 Å². The molecule has 1 aromatic rings. The van der Waals surface area contributed by atoms with Crippen molar-refractivity contribution in [3.63, 3.8) is 0 Å². The lowest BCUT2D eigenvalue weighted by molar-refractivity contribution is -0.139. The zero-order valence-electron chi connectivity index (χ0n) is 10.8. The lowest BCUT2D eigenvalue weighted by Crippen LogP contribution is -2.30. The Morgan fingerprint density at radius 3 is 2.74 bits per heavy atom. The molecule has 6 nitrogen and oxygen atoms in total. The molecule has 0 spiro atoms. The normalized spacial score (nSPS) is 9.79. The van der Waals surface area contributed by atoms with Gasteiger partial charge in [-0.25, -0.2) is 0 Å². The Morgan fingerprint density at radius 1 is 1.37 bits per heavy atom.